The van der Waals surface area contributed by atoms with Gasteiger partial charge >= 0.3 is 0 Å². The smallest absolute Gasteiger partial charge is 0.179 e. The van der Waals surface area contributed by atoms with Crippen LogP contribution in [0.4, 0.5) is 0 Å². The first kappa shape index (κ1) is 9.16. The van der Waals surface area contributed by atoms with Crippen molar-refractivity contribution in [2.45, 2.75) is 31.6 Å². The highest BCUT2D eigenvalue weighted by Crippen LogP contribution is 2.33. The van der Waals surface area contributed by atoms with Gasteiger partial charge in [-0.05, 0) is 18.9 Å². The number of aromatic amines is 1. The molecule has 78 valence electrons. The Morgan fingerprint density at radius 1 is 1.33 bits per heavy atom. The van der Waals surface area contributed by atoms with Crippen molar-refractivity contribution in [3.63, 3.8) is 0 Å². The Balaban J connectivity index is 2.09. The van der Waals surface area contributed by atoms with Gasteiger partial charge in [-0.15, -0.1) is 0 Å². The average Bonchev–Trinajstić information content (AvgIpc) is 2.86. The Hall–Kier alpha value is -1.09. The number of nitrogens with one attached hydrogen (secondary N) is 1. The van der Waals surface area contributed by atoms with Gasteiger partial charge in [0.05, 0.1) is 5.02 Å². The highest BCUT2D eigenvalue weighted by atomic mass is 35.5. The topological polar surface area (TPSA) is 41.6 Å². The summed E-state index contributed by atoms with van der Waals surface area (Å²) in [5.74, 6) is 1.64. The van der Waals surface area contributed by atoms with Crippen molar-refractivity contribution in [2.75, 3.05) is 0 Å². The molecule has 4 heteroatoms. The molecule has 0 unspecified atom stereocenters. The van der Waals surface area contributed by atoms with Crippen LogP contribution in [0.15, 0.2) is 12.3 Å². The summed E-state index contributed by atoms with van der Waals surface area (Å²) >= 11 is 6.07. The minimum absolute atomic E-state index is 0.579. The molecular weight excluding hydrogens is 210 g/mol. The SMILES string of the molecule is Clc1ccnc2nc(C3CCCC3)[nH]c12. The second-order valence-corrected chi connectivity index (χ2v) is 4.50. The maximum Gasteiger partial charge on any atom is 0.179 e. The lowest BCUT2D eigenvalue weighted by molar-refractivity contribution is 0.681. The second-order valence-electron chi connectivity index (χ2n) is 4.09. The third-order valence-electron chi connectivity index (χ3n) is 3.10. The molecule has 0 bridgehead atoms. The van der Waals surface area contributed by atoms with Crippen LogP contribution in [-0.4, -0.2) is 15.0 Å². The number of hydrogen-bond acceptors (Lipinski definition) is 2. The first-order valence-electron chi connectivity index (χ1n) is 5.35. The van der Waals surface area contributed by atoms with Gasteiger partial charge in [-0.1, -0.05) is 24.4 Å². The van der Waals surface area contributed by atoms with Gasteiger partial charge in [0, 0.05) is 12.1 Å². The summed E-state index contributed by atoms with van der Waals surface area (Å²) in [7, 11) is 0. The summed E-state index contributed by atoms with van der Waals surface area (Å²) in [6, 6.07) is 1.79. The van der Waals surface area contributed by atoms with Crippen LogP contribution in [0.1, 0.15) is 37.4 Å². The van der Waals surface area contributed by atoms with Crippen LogP contribution in [0, 0.1) is 0 Å². The van der Waals surface area contributed by atoms with E-state index in [0.717, 1.165) is 17.0 Å². The number of imidazole rings is 1. The van der Waals surface area contributed by atoms with Crippen molar-refractivity contribution in [2.24, 2.45) is 0 Å². The number of rotatable bonds is 1. The zero-order valence-corrected chi connectivity index (χ0v) is 9.09. The van der Waals surface area contributed by atoms with Crippen LogP contribution in [0.25, 0.3) is 11.2 Å². The van der Waals surface area contributed by atoms with Crippen molar-refractivity contribution in [1.29, 1.82) is 0 Å². The molecule has 0 saturated heterocycles. The summed E-state index contributed by atoms with van der Waals surface area (Å²) in [5.41, 5.74) is 1.62. The molecule has 1 fully saturated rings. The summed E-state index contributed by atoms with van der Waals surface area (Å²) in [6.45, 7) is 0. The van der Waals surface area contributed by atoms with Crippen LogP contribution in [0.2, 0.25) is 5.02 Å². The van der Waals surface area contributed by atoms with E-state index in [1.54, 1.807) is 12.3 Å². The van der Waals surface area contributed by atoms with Gasteiger partial charge in [-0.3, -0.25) is 0 Å². The Labute approximate surface area is 92.9 Å². The fraction of sp³-hybridized carbons (Fsp3) is 0.455. The second kappa shape index (κ2) is 3.49. The van der Waals surface area contributed by atoms with Gasteiger partial charge in [0.15, 0.2) is 5.65 Å². The Morgan fingerprint density at radius 2 is 2.13 bits per heavy atom. The summed E-state index contributed by atoms with van der Waals surface area (Å²) in [4.78, 5) is 12.0. The maximum absolute atomic E-state index is 6.07. The molecule has 3 rings (SSSR count). The summed E-state index contributed by atoms with van der Waals surface area (Å²) in [5, 5.41) is 0.705. The first-order valence-corrected chi connectivity index (χ1v) is 5.72. The summed E-state index contributed by atoms with van der Waals surface area (Å²) < 4.78 is 0. The fourth-order valence-electron chi connectivity index (χ4n) is 2.29. The molecule has 1 N–H and O–H groups in total. The molecule has 0 amide bonds. The van der Waals surface area contributed by atoms with Crippen molar-refractivity contribution in [3.05, 3.63) is 23.1 Å². The Bertz CT molecular complexity index is 486. The number of H-pyrrole nitrogens is 1. The average molecular weight is 222 g/mol. The first-order chi connectivity index (χ1) is 7.34. The molecule has 1 aliphatic carbocycles. The molecular formula is C11H12ClN3. The molecule has 0 atom stereocenters. The lowest BCUT2D eigenvalue weighted by Gasteiger charge is -2.02. The molecule has 0 aliphatic heterocycles. The van der Waals surface area contributed by atoms with E-state index in [-0.39, 0.29) is 0 Å². The van der Waals surface area contributed by atoms with Gasteiger partial charge in [0.1, 0.15) is 11.3 Å². The van der Waals surface area contributed by atoms with Crippen LogP contribution in [-0.2, 0) is 0 Å². The fourth-order valence-corrected chi connectivity index (χ4v) is 2.48. The van der Waals surface area contributed by atoms with Crippen LogP contribution in [0.5, 0.6) is 0 Å². The standard InChI is InChI=1S/C11H12ClN3/c12-8-5-6-13-11-9(8)14-10(15-11)7-3-1-2-4-7/h5-7H,1-4H2,(H,13,14,15). The van der Waals surface area contributed by atoms with E-state index < -0.39 is 0 Å². The molecule has 2 aromatic heterocycles. The monoisotopic (exact) mass is 221 g/mol. The number of aromatic nitrogens is 3. The van der Waals surface area contributed by atoms with E-state index in [9.17, 15) is 0 Å². The molecule has 0 aromatic carbocycles. The minimum Gasteiger partial charge on any atom is -0.339 e. The predicted octanol–water partition coefficient (Wildman–Crippen LogP) is 3.27. The largest absolute Gasteiger partial charge is 0.339 e. The van der Waals surface area contributed by atoms with Gasteiger partial charge < -0.3 is 4.98 Å². The van der Waals surface area contributed by atoms with Gasteiger partial charge in [0.25, 0.3) is 0 Å². The molecule has 2 heterocycles. The van der Waals surface area contributed by atoms with Crippen molar-refractivity contribution < 1.29 is 0 Å². The van der Waals surface area contributed by atoms with E-state index in [1.165, 1.54) is 25.7 Å². The third-order valence-corrected chi connectivity index (χ3v) is 3.42. The molecule has 0 spiro atoms. The predicted molar refractivity (Wildman–Crippen MR) is 60.1 cm³/mol. The third kappa shape index (κ3) is 1.51. The minimum atomic E-state index is 0.579. The molecule has 2 aromatic rings. The van der Waals surface area contributed by atoms with Gasteiger partial charge in [-0.2, -0.15) is 0 Å². The van der Waals surface area contributed by atoms with E-state index in [2.05, 4.69) is 15.0 Å². The van der Waals surface area contributed by atoms with Crippen LogP contribution >= 0.6 is 11.6 Å². The Morgan fingerprint density at radius 3 is 2.87 bits per heavy atom. The van der Waals surface area contributed by atoms with Crippen LogP contribution < -0.4 is 0 Å². The van der Waals surface area contributed by atoms with Gasteiger partial charge in [0.2, 0.25) is 0 Å². The lowest BCUT2D eigenvalue weighted by atomic mass is 10.1. The molecule has 3 nitrogen and oxygen atoms in total. The number of fused-ring (bicyclic) bond motifs is 1. The zero-order chi connectivity index (χ0) is 10.3. The number of pyridine rings is 1. The van der Waals surface area contributed by atoms with E-state index in [4.69, 9.17) is 11.6 Å². The molecule has 1 aliphatic rings. The molecule has 15 heavy (non-hydrogen) atoms. The van der Waals surface area contributed by atoms with Crippen molar-refractivity contribution in [3.8, 4) is 0 Å². The van der Waals surface area contributed by atoms with Crippen molar-refractivity contribution >= 4 is 22.8 Å². The van der Waals surface area contributed by atoms with E-state index in [0.29, 0.717) is 10.9 Å². The number of halogens is 1. The number of nitrogens with zero attached hydrogens (tertiary/aromatic N) is 2. The zero-order valence-electron chi connectivity index (χ0n) is 8.33. The highest BCUT2D eigenvalue weighted by Gasteiger charge is 2.20. The number of hydrogen-bond donors (Lipinski definition) is 1. The summed E-state index contributed by atoms with van der Waals surface area (Å²) in [6.07, 6.45) is 6.78. The van der Waals surface area contributed by atoms with Crippen molar-refractivity contribution in [1.82, 2.24) is 15.0 Å². The van der Waals surface area contributed by atoms with Gasteiger partial charge in [-0.25, -0.2) is 9.97 Å². The quantitative estimate of drug-likeness (QED) is 0.803. The normalized spacial score (nSPS) is 17.7. The highest BCUT2D eigenvalue weighted by molar-refractivity contribution is 6.34. The van der Waals surface area contributed by atoms with E-state index in [1.807, 2.05) is 0 Å². The Kier molecular flexibility index (Phi) is 2.13. The van der Waals surface area contributed by atoms with Crippen LogP contribution in [0.3, 0.4) is 0 Å². The molecule has 1 saturated carbocycles. The maximum atomic E-state index is 6.07. The van der Waals surface area contributed by atoms with E-state index >= 15 is 0 Å². The lowest BCUT2D eigenvalue weighted by Crippen LogP contribution is -1.94. The molecule has 0 radical (unpaired) electrons.